The molecule has 1 unspecified atom stereocenters. The summed E-state index contributed by atoms with van der Waals surface area (Å²) in [5, 5.41) is 13.1. The van der Waals surface area contributed by atoms with Crippen molar-refractivity contribution in [3.05, 3.63) is 65.7 Å². The van der Waals surface area contributed by atoms with Gasteiger partial charge in [-0.05, 0) is 17.7 Å². The lowest BCUT2D eigenvalue weighted by Gasteiger charge is -2.19. The van der Waals surface area contributed by atoms with Gasteiger partial charge in [0.1, 0.15) is 12.4 Å². The molecule has 2 N–H and O–H groups in total. The molecule has 0 amide bonds. The predicted octanol–water partition coefficient (Wildman–Crippen LogP) is 2.48. The highest BCUT2D eigenvalue weighted by Gasteiger charge is 2.50. The third-order valence-corrected chi connectivity index (χ3v) is 4.27. The van der Waals surface area contributed by atoms with Gasteiger partial charge in [0, 0.05) is 12.0 Å². The van der Waals surface area contributed by atoms with E-state index in [9.17, 15) is 9.59 Å². The van der Waals surface area contributed by atoms with E-state index < -0.39 is 23.8 Å². The number of aliphatic carboxylic acids is 1. The second-order valence-corrected chi connectivity index (χ2v) is 6.30. The summed E-state index contributed by atoms with van der Waals surface area (Å²) < 4.78 is 5.79. The monoisotopic (exact) mass is 380 g/mol. The number of nitrogens with zero attached hydrogens (tertiary/aromatic N) is 2. The first-order chi connectivity index (χ1) is 13.5. The highest BCUT2D eigenvalue weighted by atomic mass is 16.7. The Hall–Kier alpha value is -3.77. The van der Waals surface area contributed by atoms with Gasteiger partial charge in [-0.1, -0.05) is 47.6 Å². The van der Waals surface area contributed by atoms with E-state index in [4.69, 9.17) is 20.2 Å². The maximum atomic E-state index is 12.3. The van der Waals surface area contributed by atoms with Crippen LogP contribution in [0.25, 0.3) is 0 Å². The Bertz CT molecular complexity index is 967. The van der Waals surface area contributed by atoms with E-state index >= 15 is 0 Å². The molecule has 0 spiro atoms. The zero-order chi connectivity index (χ0) is 20.0. The minimum absolute atomic E-state index is 0.0354. The van der Waals surface area contributed by atoms with Crippen molar-refractivity contribution < 1.29 is 29.1 Å². The van der Waals surface area contributed by atoms with E-state index in [1.165, 1.54) is 0 Å². The van der Waals surface area contributed by atoms with E-state index in [1.807, 2.05) is 30.3 Å². The van der Waals surface area contributed by atoms with Gasteiger partial charge in [-0.15, -0.1) is 0 Å². The lowest BCUT2D eigenvalue weighted by molar-refractivity contribution is -0.155. The van der Waals surface area contributed by atoms with Crippen LogP contribution in [0.15, 0.2) is 59.8 Å². The van der Waals surface area contributed by atoms with Crippen LogP contribution in [0, 0.1) is 5.53 Å². The van der Waals surface area contributed by atoms with Gasteiger partial charge in [0.15, 0.2) is 0 Å². The molecular formula is C20H18N3O5+. The molecule has 1 aliphatic rings. The van der Waals surface area contributed by atoms with Crippen LogP contribution in [0.2, 0.25) is 0 Å². The summed E-state index contributed by atoms with van der Waals surface area (Å²) in [4.78, 5) is 31.6. The number of ketones is 1. The summed E-state index contributed by atoms with van der Waals surface area (Å²) in [5.41, 5.74) is 7.24. The molecule has 8 heteroatoms. The highest BCUT2D eigenvalue weighted by Crippen LogP contribution is 2.31. The summed E-state index contributed by atoms with van der Waals surface area (Å²) in [6, 6.07) is 16.8. The van der Waals surface area contributed by atoms with Crippen LogP contribution in [0.1, 0.15) is 24.0 Å². The van der Waals surface area contributed by atoms with Gasteiger partial charge in [-0.3, -0.25) is 9.59 Å². The van der Waals surface area contributed by atoms with Crippen LogP contribution in [0.4, 0.5) is 0 Å². The van der Waals surface area contributed by atoms with E-state index in [2.05, 4.69) is 9.95 Å². The number of benzene rings is 2. The molecule has 0 aliphatic carbocycles. The number of carbonyl (C=O) groups is 2. The largest absolute Gasteiger partial charge is 0.489 e. The fraction of sp³-hybridized carbons (Fsp3) is 0.200. The maximum absolute atomic E-state index is 12.3. The number of hydrogen-bond donors (Lipinski definition) is 2. The summed E-state index contributed by atoms with van der Waals surface area (Å²) >= 11 is 0. The molecule has 142 valence electrons. The predicted molar refractivity (Wildman–Crippen MR) is 98.5 cm³/mol. The summed E-state index contributed by atoms with van der Waals surface area (Å²) in [6.07, 6.45) is 0.127. The number of carboxylic acid groups (broad SMARTS) is 1. The molecule has 28 heavy (non-hydrogen) atoms. The number of carboxylic acids is 1. The summed E-state index contributed by atoms with van der Waals surface area (Å²) in [5.74, 6) is -1.30. The standard InChI is InChI=1S/C20H17N3O5/c21-22-12-18(24)20(11-19(25)26)10-17(23-28-20)15-7-4-8-16(9-15)27-13-14-5-2-1-3-6-14/h1-9,12,21H,10-11,13H2/p+1. The molecule has 1 aliphatic heterocycles. The number of oxime groups is 1. The Balaban J connectivity index is 1.76. The molecule has 0 fully saturated rings. The fourth-order valence-electron chi connectivity index (χ4n) is 2.87. The zero-order valence-electron chi connectivity index (χ0n) is 14.9. The number of hydrogen-bond acceptors (Lipinski definition) is 6. The van der Waals surface area contributed by atoms with Crippen molar-refractivity contribution in [1.82, 2.24) is 0 Å². The topological polar surface area (TPSA) is 123 Å². The number of carbonyl (C=O) groups excluding carboxylic acids is 1. The average Bonchev–Trinajstić information content (AvgIpc) is 3.12. The minimum atomic E-state index is -1.69. The molecule has 1 atom stereocenters. The van der Waals surface area contributed by atoms with Gasteiger partial charge in [0.2, 0.25) is 5.60 Å². The SMILES string of the molecule is N=[N+]=CC(=O)C1(CC(=O)O)CC(c2cccc(OCc3ccccc3)c2)=NO1. The molecule has 0 saturated carbocycles. The molecule has 8 nitrogen and oxygen atoms in total. The van der Waals surface area contributed by atoms with Crippen LogP contribution >= 0.6 is 0 Å². The number of ether oxygens (including phenoxy) is 1. The Morgan fingerprint density at radius 1 is 1.25 bits per heavy atom. The minimum Gasteiger partial charge on any atom is -0.489 e. The second-order valence-electron chi connectivity index (χ2n) is 6.30. The van der Waals surface area contributed by atoms with Crippen molar-refractivity contribution in [3.63, 3.8) is 0 Å². The Morgan fingerprint density at radius 2 is 2.04 bits per heavy atom. The Morgan fingerprint density at radius 3 is 2.75 bits per heavy atom. The van der Waals surface area contributed by atoms with Gasteiger partial charge in [-0.2, -0.15) is 0 Å². The molecule has 2 aromatic rings. The number of rotatable bonds is 8. The number of Topliss-reactive ketones (excluding diaryl/α,β-unsaturated/α-hetero) is 1. The second kappa shape index (κ2) is 8.28. The molecule has 3 rings (SSSR count). The Labute approximate surface area is 160 Å². The van der Waals surface area contributed by atoms with Crippen LogP contribution in [-0.4, -0.2) is 39.2 Å². The van der Waals surface area contributed by atoms with E-state index in [0.29, 0.717) is 23.6 Å². The Kier molecular flexibility index (Phi) is 5.62. The van der Waals surface area contributed by atoms with Crippen LogP contribution in [-0.2, 0) is 21.0 Å². The van der Waals surface area contributed by atoms with Gasteiger partial charge in [0.05, 0.1) is 22.5 Å². The lowest BCUT2D eigenvalue weighted by Crippen LogP contribution is -2.42. The van der Waals surface area contributed by atoms with Crippen molar-refractivity contribution in [1.29, 1.82) is 5.53 Å². The zero-order valence-corrected chi connectivity index (χ0v) is 14.9. The maximum Gasteiger partial charge on any atom is 0.377 e. The molecule has 2 aromatic carbocycles. The van der Waals surface area contributed by atoms with Crippen molar-refractivity contribution in [2.75, 3.05) is 0 Å². The summed E-state index contributed by atoms with van der Waals surface area (Å²) in [7, 11) is 0. The fourth-order valence-corrected chi connectivity index (χ4v) is 2.87. The van der Waals surface area contributed by atoms with Crippen LogP contribution < -0.4 is 4.74 Å². The molecular weight excluding hydrogens is 362 g/mol. The van der Waals surface area contributed by atoms with Crippen LogP contribution in [0.3, 0.4) is 0 Å². The third kappa shape index (κ3) is 4.31. The van der Waals surface area contributed by atoms with Gasteiger partial charge < -0.3 is 14.7 Å². The van der Waals surface area contributed by atoms with Crippen molar-refractivity contribution in [2.45, 2.75) is 25.0 Å². The molecule has 0 aromatic heterocycles. The molecule has 0 radical (unpaired) electrons. The van der Waals surface area contributed by atoms with E-state index in [-0.39, 0.29) is 6.42 Å². The lowest BCUT2D eigenvalue weighted by atomic mass is 9.87. The van der Waals surface area contributed by atoms with E-state index in [1.54, 1.807) is 24.3 Å². The third-order valence-electron chi connectivity index (χ3n) is 4.27. The molecule has 1 heterocycles. The number of nitrogens with one attached hydrogen (secondary N) is 1. The van der Waals surface area contributed by atoms with E-state index in [0.717, 1.165) is 11.8 Å². The first-order valence-corrected chi connectivity index (χ1v) is 8.51. The van der Waals surface area contributed by atoms with Crippen LogP contribution in [0.5, 0.6) is 5.75 Å². The van der Waals surface area contributed by atoms with Gasteiger partial charge in [0.25, 0.3) is 5.78 Å². The van der Waals surface area contributed by atoms with Crippen molar-refractivity contribution >= 4 is 23.7 Å². The smallest absolute Gasteiger partial charge is 0.377 e. The van der Waals surface area contributed by atoms with Gasteiger partial charge >= 0.3 is 12.2 Å². The normalized spacial score (nSPS) is 17.8. The quantitative estimate of drug-likeness (QED) is 0.414. The highest BCUT2D eigenvalue weighted by molar-refractivity contribution is 6.31. The average molecular weight is 380 g/mol. The van der Waals surface area contributed by atoms with Crippen molar-refractivity contribution in [2.24, 2.45) is 5.16 Å². The first-order valence-electron chi connectivity index (χ1n) is 8.51. The molecule has 0 saturated heterocycles. The van der Waals surface area contributed by atoms with Gasteiger partial charge in [-0.25, -0.2) is 0 Å². The summed E-state index contributed by atoms with van der Waals surface area (Å²) in [6.45, 7) is 0.397. The molecule has 0 bridgehead atoms. The van der Waals surface area contributed by atoms with Crippen molar-refractivity contribution in [3.8, 4) is 5.75 Å². The first kappa shape index (κ1) is 19.0.